The number of nitrogens with zero attached hydrogens (tertiary/aromatic N) is 1. The molecule has 2 aromatic rings. The van der Waals surface area contributed by atoms with Gasteiger partial charge in [-0.2, -0.15) is 0 Å². The second-order valence-corrected chi connectivity index (χ2v) is 12.5. The highest BCUT2D eigenvalue weighted by molar-refractivity contribution is 7.85. The number of likely N-dealkylation sites (tertiary alicyclic amines) is 1. The summed E-state index contributed by atoms with van der Waals surface area (Å²) >= 11 is 0. The van der Waals surface area contributed by atoms with Crippen molar-refractivity contribution < 1.29 is 19.2 Å². The molecule has 6 nitrogen and oxygen atoms in total. The number of nitrogens with one attached hydrogen (secondary N) is 1. The number of benzene rings is 2. The van der Waals surface area contributed by atoms with E-state index in [4.69, 9.17) is 0 Å². The van der Waals surface area contributed by atoms with Gasteiger partial charge in [0.05, 0.1) is 0 Å². The van der Waals surface area contributed by atoms with Crippen molar-refractivity contribution in [1.82, 2.24) is 10.2 Å². The van der Waals surface area contributed by atoms with Gasteiger partial charge < -0.3 is 20.4 Å². The summed E-state index contributed by atoms with van der Waals surface area (Å²) in [6.07, 6.45) is 1.41. The highest BCUT2D eigenvalue weighted by Gasteiger charge is 2.39. The standard InChI is InChI=1S/C28H38N2O4S/c1-18(2)25(29-27(33)26-13-20-8-9-24(32)12-21(20)17-35(26)34)16-30-11-10-28(4,19(3)15-30)22-6-5-7-23(31)14-22/h5-9,12,14,18-19,25-26,31-32H,10-11,13,15-17H2,1-4H3,(H,29,33)/t19-,25-,26-,28+,35?/m1/s1. The molecule has 0 aromatic heterocycles. The van der Waals surface area contributed by atoms with Crippen molar-refractivity contribution in [2.24, 2.45) is 11.8 Å². The minimum absolute atomic E-state index is 0.00730. The summed E-state index contributed by atoms with van der Waals surface area (Å²) < 4.78 is 12.9. The molecule has 0 bridgehead atoms. The van der Waals surface area contributed by atoms with Crippen LogP contribution in [0, 0.1) is 11.8 Å². The van der Waals surface area contributed by atoms with Crippen LogP contribution in [0.15, 0.2) is 42.5 Å². The number of hydrogen-bond donors (Lipinski definition) is 3. The third-order valence-electron chi connectivity index (χ3n) is 8.16. The van der Waals surface area contributed by atoms with Crippen LogP contribution in [0.2, 0.25) is 0 Å². The lowest BCUT2D eigenvalue weighted by molar-refractivity contribution is -0.121. The van der Waals surface area contributed by atoms with Gasteiger partial charge in [0.15, 0.2) is 0 Å². The fraction of sp³-hybridized carbons (Fsp3) is 0.536. The van der Waals surface area contributed by atoms with Crippen molar-refractivity contribution in [3.05, 3.63) is 59.2 Å². The Morgan fingerprint density at radius 3 is 2.60 bits per heavy atom. The van der Waals surface area contributed by atoms with Crippen LogP contribution in [0.25, 0.3) is 0 Å². The molecule has 3 N–H and O–H groups in total. The summed E-state index contributed by atoms with van der Waals surface area (Å²) in [7, 11) is -1.31. The van der Waals surface area contributed by atoms with Crippen LogP contribution >= 0.6 is 0 Å². The molecule has 2 aliphatic rings. The van der Waals surface area contributed by atoms with Crippen LogP contribution < -0.4 is 5.32 Å². The number of carbonyl (C=O) groups is 1. The van der Waals surface area contributed by atoms with Crippen LogP contribution in [0.3, 0.4) is 0 Å². The molecule has 4 rings (SSSR count). The smallest absolute Gasteiger partial charge is 0.236 e. The average Bonchev–Trinajstić information content (AvgIpc) is 2.80. The van der Waals surface area contributed by atoms with Gasteiger partial charge in [-0.15, -0.1) is 0 Å². The zero-order chi connectivity index (χ0) is 25.3. The van der Waals surface area contributed by atoms with E-state index >= 15 is 0 Å². The summed E-state index contributed by atoms with van der Waals surface area (Å²) in [4.78, 5) is 15.7. The van der Waals surface area contributed by atoms with Gasteiger partial charge in [-0.05, 0) is 77.6 Å². The van der Waals surface area contributed by atoms with Crippen LogP contribution in [-0.4, -0.2) is 56.2 Å². The van der Waals surface area contributed by atoms with E-state index in [9.17, 15) is 19.2 Å². The second kappa shape index (κ2) is 10.3. The Labute approximate surface area is 211 Å². The predicted molar refractivity (Wildman–Crippen MR) is 140 cm³/mol. The van der Waals surface area contributed by atoms with Gasteiger partial charge in [-0.25, -0.2) is 0 Å². The van der Waals surface area contributed by atoms with E-state index in [1.165, 1.54) is 5.56 Å². The molecule has 35 heavy (non-hydrogen) atoms. The third kappa shape index (κ3) is 5.56. The highest BCUT2D eigenvalue weighted by atomic mass is 32.2. The molecule has 190 valence electrons. The van der Waals surface area contributed by atoms with Crippen molar-refractivity contribution in [2.75, 3.05) is 19.6 Å². The fourth-order valence-electron chi connectivity index (χ4n) is 5.45. The Morgan fingerprint density at radius 1 is 1.17 bits per heavy atom. The summed E-state index contributed by atoms with van der Waals surface area (Å²) in [5, 5.41) is 22.3. The number of hydrogen-bond acceptors (Lipinski definition) is 5. The highest BCUT2D eigenvalue weighted by Crippen LogP contribution is 2.40. The molecule has 0 aliphatic carbocycles. The predicted octanol–water partition coefficient (Wildman–Crippen LogP) is 3.71. The Balaban J connectivity index is 1.40. The summed E-state index contributed by atoms with van der Waals surface area (Å²) in [5.74, 6) is 1.26. The number of phenols is 2. The van der Waals surface area contributed by atoms with E-state index in [-0.39, 0.29) is 29.0 Å². The third-order valence-corrected chi connectivity index (χ3v) is 9.77. The van der Waals surface area contributed by atoms with Gasteiger partial charge in [0.1, 0.15) is 16.7 Å². The van der Waals surface area contributed by atoms with E-state index in [2.05, 4.69) is 44.0 Å². The van der Waals surface area contributed by atoms with Crippen molar-refractivity contribution in [3.8, 4) is 11.5 Å². The van der Waals surface area contributed by atoms with Crippen molar-refractivity contribution in [1.29, 1.82) is 0 Å². The molecule has 7 heteroatoms. The van der Waals surface area contributed by atoms with Crippen molar-refractivity contribution in [3.63, 3.8) is 0 Å². The van der Waals surface area contributed by atoms with Gasteiger partial charge in [-0.1, -0.05) is 45.9 Å². The molecule has 0 saturated carbocycles. The molecular weight excluding hydrogens is 460 g/mol. The number of amides is 1. The molecule has 2 heterocycles. The van der Waals surface area contributed by atoms with Crippen LogP contribution in [0.1, 0.15) is 50.8 Å². The lowest BCUT2D eigenvalue weighted by Crippen LogP contribution is -2.55. The maximum Gasteiger partial charge on any atom is 0.236 e. The van der Waals surface area contributed by atoms with E-state index in [1.54, 1.807) is 18.2 Å². The summed E-state index contributed by atoms with van der Waals surface area (Å²) in [5.41, 5.74) is 3.02. The van der Waals surface area contributed by atoms with Gasteiger partial charge in [0.25, 0.3) is 0 Å². The molecular formula is C28H38N2O4S. The largest absolute Gasteiger partial charge is 0.508 e. The zero-order valence-corrected chi connectivity index (χ0v) is 22.0. The van der Waals surface area contributed by atoms with Gasteiger partial charge in [0, 0.05) is 35.7 Å². The summed E-state index contributed by atoms with van der Waals surface area (Å²) in [6, 6.07) is 12.7. The number of rotatable bonds is 6. The van der Waals surface area contributed by atoms with E-state index < -0.39 is 16.0 Å². The SMILES string of the molecule is CC(C)[C@@H](CN1CC[C@](C)(c2cccc(O)c2)[C@H](C)C1)NC(=O)[C@H]1Cc2ccc(O)cc2CS1=O. The second-order valence-electron chi connectivity index (χ2n) is 10.9. The molecule has 1 unspecified atom stereocenters. The van der Waals surface area contributed by atoms with Gasteiger partial charge in [-0.3, -0.25) is 9.00 Å². The van der Waals surface area contributed by atoms with Crippen LogP contribution in [-0.2, 0) is 33.2 Å². The summed E-state index contributed by atoms with van der Waals surface area (Å²) in [6.45, 7) is 11.4. The maximum atomic E-state index is 13.2. The van der Waals surface area contributed by atoms with Crippen molar-refractivity contribution in [2.45, 2.75) is 63.0 Å². The van der Waals surface area contributed by atoms with E-state index in [0.717, 1.165) is 37.2 Å². The van der Waals surface area contributed by atoms with Crippen LogP contribution in [0.5, 0.6) is 11.5 Å². The first-order valence-electron chi connectivity index (χ1n) is 12.6. The molecule has 5 atom stereocenters. The molecule has 1 saturated heterocycles. The molecule has 1 amide bonds. The number of carbonyl (C=O) groups excluding carboxylic acids is 1. The van der Waals surface area contributed by atoms with E-state index in [0.29, 0.717) is 23.8 Å². The molecule has 2 aliphatic heterocycles. The first kappa shape index (κ1) is 25.7. The fourth-order valence-corrected chi connectivity index (χ4v) is 6.90. The Hall–Kier alpha value is -2.38. The first-order chi connectivity index (χ1) is 16.6. The minimum Gasteiger partial charge on any atom is -0.508 e. The van der Waals surface area contributed by atoms with Crippen LogP contribution in [0.4, 0.5) is 0 Å². The Bertz CT molecular complexity index is 1100. The quantitative estimate of drug-likeness (QED) is 0.565. The zero-order valence-electron chi connectivity index (χ0n) is 21.2. The topological polar surface area (TPSA) is 89.9 Å². The first-order valence-corrected chi connectivity index (χ1v) is 13.9. The number of phenolic OH excluding ortho intramolecular Hbond substituents is 2. The number of piperidine rings is 1. The number of aromatic hydroxyl groups is 2. The molecule has 2 aromatic carbocycles. The average molecular weight is 499 g/mol. The Kier molecular flexibility index (Phi) is 7.57. The molecule has 0 spiro atoms. The lowest BCUT2D eigenvalue weighted by atomic mass is 9.68. The van der Waals surface area contributed by atoms with E-state index in [1.807, 2.05) is 18.2 Å². The van der Waals surface area contributed by atoms with Gasteiger partial charge in [0.2, 0.25) is 5.91 Å². The van der Waals surface area contributed by atoms with Gasteiger partial charge >= 0.3 is 0 Å². The molecule has 0 radical (unpaired) electrons. The monoisotopic (exact) mass is 498 g/mol. The maximum absolute atomic E-state index is 13.2. The normalized spacial score (nSPS) is 27.9. The minimum atomic E-state index is -1.31. The Morgan fingerprint density at radius 2 is 1.91 bits per heavy atom. The lowest BCUT2D eigenvalue weighted by Gasteiger charge is -2.46. The molecule has 1 fully saturated rings. The number of fused-ring (bicyclic) bond motifs is 1. The van der Waals surface area contributed by atoms with Crippen molar-refractivity contribution >= 4 is 16.7 Å².